The molecule has 1 atom stereocenters. The van der Waals surface area contributed by atoms with E-state index in [-0.39, 0.29) is 11.9 Å². The SMILES string of the molecule is C[Si](C)(C)C#CC(=O)C1CO1. The first-order chi connectivity index (χ1) is 4.99. The Kier molecular flexibility index (Phi) is 2.17. The summed E-state index contributed by atoms with van der Waals surface area (Å²) >= 11 is 0. The minimum Gasteiger partial charge on any atom is -0.364 e. The summed E-state index contributed by atoms with van der Waals surface area (Å²) in [5.74, 6) is 2.58. The summed E-state index contributed by atoms with van der Waals surface area (Å²) in [7, 11) is -1.38. The van der Waals surface area contributed by atoms with Crippen molar-refractivity contribution in [1.82, 2.24) is 0 Å². The van der Waals surface area contributed by atoms with Gasteiger partial charge in [-0.25, -0.2) is 0 Å². The van der Waals surface area contributed by atoms with Gasteiger partial charge in [0.1, 0.15) is 8.07 Å². The summed E-state index contributed by atoms with van der Waals surface area (Å²) in [6, 6.07) is 0. The van der Waals surface area contributed by atoms with Crippen LogP contribution < -0.4 is 0 Å². The number of rotatable bonds is 1. The smallest absolute Gasteiger partial charge is 0.235 e. The third-order valence-corrected chi connectivity index (χ3v) is 2.06. The Morgan fingerprint density at radius 3 is 2.45 bits per heavy atom. The molecule has 1 unspecified atom stereocenters. The summed E-state index contributed by atoms with van der Waals surface area (Å²) in [6.07, 6.45) is -0.196. The normalized spacial score (nSPS) is 21.9. The van der Waals surface area contributed by atoms with Gasteiger partial charge in [0.05, 0.1) is 6.61 Å². The van der Waals surface area contributed by atoms with Crippen LogP contribution in [0.4, 0.5) is 0 Å². The maximum Gasteiger partial charge on any atom is 0.235 e. The Hall–Kier alpha value is -0.593. The fourth-order valence-electron chi connectivity index (χ4n) is 0.529. The molecule has 1 heterocycles. The predicted octanol–water partition coefficient (Wildman–Crippen LogP) is 0.835. The average Bonchev–Trinajstić information content (AvgIpc) is 2.61. The topological polar surface area (TPSA) is 29.6 Å². The van der Waals surface area contributed by atoms with Gasteiger partial charge in [-0.2, -0.15) is 0 Å². The van der Waals surface area contributed by atoms with Gasteiger partial charge >= 0.3 is 0 Å². The Morgan fingerprint density at radius 2 is 2.09 bits per heavy atom. The predicted molar refractivity (Wildman–Crippen MR) is 45.9 cm³/mol. The largest absolute Gasteiger partial charge is 0.364 e. The number of hydrogen-bond acceptors (Lipinski definition) is 2. The van der Waals surface area contributed by atoms with E-state index in [1.807, 2.05) is 0 Å². The van der Waals surface area contributed by atoms with Crippen molar-refractivity contribution in [3.8, 4) is 11.5 Å². The van der Waals surface area contributed by atoms with Gasteiger partial charge in [-0.1, -0.05) is 19.6 Å². The molecular weight excluding hydrogens is 156 g/mol. The molecule has 1 aliphatic heterocycles. The Balaban J connectivity index is 2.48. The molecule has 0 aromatic carbocycles. The number of hydrogen-bond donors (Lipinski definition) is 0. The summed E-state index contributed by atoms with van der Waals surface area (Å²) in [6.45, 7) is 6.91. The number of carbonyl (C=O) groups excluding carboxylic acids is 1. The second-order valence-corrected chi connectivity index (χ2v) is 8.44. The Morgan fingerprint density at radius 1 is 1.55 bits per heavy atom. The molecule has 0 aromatic heterocycles. The van der Waals surface area contributed by atoms with Gasteiger partial charge in [0.25, 0.3) is 0 Å². The fraction of sp³-hybridized carbons (Fsp3) is 0.625. The van der Waals surface area contributed by atoms with Gasteiger partial charge < -0.3 is 4.74 Å². The van der Waals surface area contributed by atoms with Crippen LogP contribution in [0.1, 0.15) is 0 Å². The first kappa shape index (κ1) is 8.50. The van der Waals surface area contributed by atoms with E-state index in [2.05, 4.69) is 31.1 Å². The van der Waals surface area contributed by atoms with Gasteiger partial charge in [0, 0.05) is 0 Å². The fourth-order valence-corrected chi connectivity index (χ4v) is 1.03. The molecule has 1 saturated heterocycles. The minimum atomic E-state index is -1.38. The van der Waals surface area contributed by atoms with E-state index in [1.165, 1.54) is 0 Å². The molecule has 0 spiro atoms. The molecular formula is C8H12O2Si. The molecule has 0 amide bonds. The molecule has 2 nitrogen and oxygen atoms in total. The second-order valence-electron chi connectivity index (χ2n) is 3.69. The van der Waals surface area contributed by atoms with Crippen molar-refractivity contribution in [2.75, 3.05) is 6.61 Å². The zero-order valence-corrected chi connectivity index (χ0v) is 8.10. The molecule has 0 bridgehead atoms. The summed E-state index contributed by atoms with van der Waals surface area (Å²) in [5.41, 5.74) is 3.00. The highest BCUT2D eigenvalue weighted by atomic mass is 28.3. The number of ether oxygens (including phenoxy) is 1. The van der Waals surface area contributed by atoms with E-state index < -0.39 is 8.07 Å². The van der Waals surface area contributed by atoms with Crippen LogP contribution >= 0.6 is 0 Å². The number of epoxide rings is 1. The van der Waals surface area contributed by atoms with Crippen LogP contribution in [0, 0.1) is 11.5 Å². The molecule has 3 heteroatoms. The first-order valence-corrected chi connectivity index (χ1v) is 7.18. The van der Waals surface area contributed by atoms with Crippen molar-refractivity contribution in [1.29, 1.82) is 0 Å². The lowest BCUT2D eigenvalue weighted by Crippen LogP contribution is -2.17. The maximum atomic E-state index is 11.0. The van der Waals surface area contributed by atoms with Crippen LogP contribution in [0.3, 0.4) is 0 Å². The summed E-state index contributed by atoms with van der Waals surface area (Å²) < 4.78 is 4.80. The van der Waals surface area contributed by atoms with E-state index in [1.54, 1.807) is 0 Å². The lowest BCUT2D eigenvalue weighted by molar-refractivity contribution is -0.114. The van der Waals surface area contributed by atoms with Crippen molar-refractivity contribution in [3.05, 3.63) is 0 Å². The second kappa shape index (κ2) is 2.80. The van der Waals surface area contributed by atoms with Gasteiger partial charge in [-0.05, 0) is 5.92 Å². The third-order valence-electron chi connectivity index (χ3n) is 1.19. The van der Waals surface area contributed by atoms with E-state index in [0.717, 1.165) is 0 Å². The lowest BCUT2D eigenvalue weighted by atomic mass is 10.3. The highest BCUT2D eigenvalue weighted by Crippen LogP contribution is 2.09. The van der Waals surface area contributed by atoms with E-state index in [0.29, 0.717) is 6.61 Å². The van der Waals surface area contributed by atoms with Gasteiger partial charge in [0.2, 0.25) is 5.78 Å². The van der Waals surface area contributed by atoms with Crippen molar-refractivity contribution < 1.29 is 9.53 Å². The standard InChI is InChI=1S/C8H12O2Si/c1-11(2,3)5-4-7(9)8-6-10-8/h8H,6H2,1-3H3. The molecule has 60 valence electrons. The zero-order valence-electron chi connectivity index (χ0n) is 7.10. The summed E-state index contributed by atoms with van der Waals surface area (Å²) in [5, 5.41) is 0. The van der Waals surface area contributed by atoms with Crippen LogP contribution in [0.5, 0.6) is 0 Å². The molecule has 1 rings (SSSR count). The molecule has 0 radical (unpaired) electrons. The summed E-state index contributed by atoms with van der Waals surface area (Å²) in [4.78, 5) is 11.0. The lowest BCUT2D eigenvalue weighted by Gasteiger charge is -2.02. The zero-order chi connectivity index (χ0) is 8.48. The molecule has 0 saturated carbocycles. The van der Waals surface area contributed by atoms with Crippen LogP contribution in [-0.2, 0) is 9.53 Å². The van der Waals surface area contributed by atoms with Crippen LogP contribution in [-0.4, -0.2) is 26.6 Å². The molecule has 0 N–H and O–H groups in total. The van der Waals surface area contributed by atoms with Crippen molar-refractivity contribution in [3.63, 3.8) is 0 Å². The van der Waals surface area contributed by atoms with Crippen molar-refractivity contribution in [2.24, 2.45) is 0 Å². The van der Waals surface area contributed by atoms with E-state index in [4.69, 9.17) is 4.74 Å². The molecule has 1 aliphatic rings. The first-order valence-electron chi connectivity index (χ1n) is 3.68. The van der Waals surface area contributed by atoms with Crippen molar-refractivity contribution >= 4 is 13.9 Å². The van der Waals surface area contributed by atoms with Gasteiger partial charge in [-0.3, -0.25) is 4.79 Å². The number of ketones is 1. The highest BCUT2D eigenvalue weighted by molar-refractivity contribution is 6.84. The third kappa shape index (κ3) is 3.35. The molecule has 1 fully saturated rings. The van der Waals surface area contributed by atoms with Gasteiger partial charge in [-0.15, -0.1) is 5.54 Å². The number of carbonyl (C=O) groups is 1. The number of Topliss-reactive ketones (excluding diaryl/α,β-unsaturated/α-hetero) is 1. The monoisotopic (exact) mass is 168 g/mol. The van der Waals surface area contributed by atoms with Gasteiger partial charge in [0.15, 0.2) is 6.10 Å². The van der Waals surface area contributed by atoms with E-state index in [9.17, 15) is 4.79 Å². The highest BCUT2D eigenvalue weighted by Gasteiger charge is 2.29. The van der Waals surface area contributed by atoms with E-state index >= 15 is 0 Å². The quantitative estimate of drug-likeness (QED) is 0.330. The van der Waals surface area contributed by atoms with Crippen LogP contribution in [0.2, 0.25) is 19.6 Å². The maximum absolute atomic E-state index is 11.0. The van der Waals surface area contributed by atoms with Crippen LogP contribution in [0.15, 0.2) is 0 Å². The Bertz CT molecular complexity index is 225. The minimum absolute atomic E-state index is 0.0487. The molecule has 11 heavy (non-hydrogen) atoms. The average molecular weight is 168 g/mol. The van der Waals surface area contributed by atoms with Crippen LogP contribution in [0.25, 0.3) is 0 Å². The molecule has 0 aromatic rings. The molecule has 0 aliphatic carbocycles. The van der Waals surface area contributed by atoms with Crippen molar-refractivity contribution in [2.45, 2.75) is 25.7 Å². The Labute approximate surface area is 67.9 Å².